The van der Waals surface area contributed by atoms with Crippen molar-refractivity contribution >= 4 is 17.0 Å². The van der Waals surface area contributed by atoms with E-state index in [1.54, 1.807) is 24.7 Å². The van der Waals surface area contributed by atoms with Crippen LogP contribution in [0.1, 0.15) is 28.7 Å². The minimum atomic E-state index is -0.953. The molecule has 0 aliphatic heterocycles. The molecule has 0 fully saturated rings. The Morgan fingerprint density at radius 1 is 1.40 bits per heavy atom. The number of imidazole rings is 1. The van der Waals surface area contributed by atoms with Crippen LogP contribution in [0.15, 0.2) is 41.2 Å². The summed E-state index contributed by atoms with van der Waals surface area (Å²) in [4.78, 5) is 15.8. The van der Waals surface area contributed by atoms with Gasteiger partial charge in [-0.25, -0.2) is 9.78 Å². The van der Waals surface area contributed by atoms with Gasteiger partial charge in [0.15, 0.2) is 0 Å². The number of carbonyl (C=O) groups is 1. The van der Waals surface area contributed by atoms with E-state index in [1.165, 1.54) is 0 Å². The van der Waals surface area contributed by atoms with E-state index in [9.17, 15) is 9.90 Å². The monoisotopic (exact) mass is 270 g/mol. The number of aromatic carboxylic acids is 1. The Labute approximate surface area is 115 Å². The van der Waals surface area contributed by atoms with Crippen LogP contribution >= 0.6 is 0 Å². The lowest BCUT2D eigenvalue weighted by Gasteiger charge is -2.06. The van der Waals surface area contributed by atoms with Crippen LogP contribution in [0.5, 0.6) is 0 Å². The first kappa shape index (κ1) is 12.5. The highest BCUT2D eigenvalue weighted by atomic mass is 16.4. The maximum absolute atomic E-state index is 11.3. The number of hydrogen-bond acceptors (Lipinski definition) is 3. The van der Waals surface area contributed by atoms with Crippen LogP contribution in [0.25, 0.3) is 11.0 Å². The lowest BCUT2D eigenvalue weighted by Crippen LogP contribution is -2.03. The molecule has 0 bridgehead atoms. The molecule has 1 N–H and O–H groups in total. The van der Waals surface area contributed by atoms with E-state index in [1.807, 2.05) is 23.6 Å². The van der Waals surface area contributed by atoms with E-state index < -0.39 is 5.97 Å². The van der Waals surface area contributed by atoms with Crippen molar-refractivity contribution in [2.75, 3.05) is 0 Å². The standard InChI is InChI=1S/C15H14N2O3/c1-2-13-16-14-11(15(18)19)4-3-5-12(14)17(13)8-10-6-7-20-9-10/h3-7,9H,2,8H2,1H3,(H,18,19). The minimum absolute atomic E-state index is 0.239. The van der Waals surface area contributed by atoms with E-state index in [2.05, 4.69) is 4.98 Å². The van der Waals surface area contributed by atoms with Gasteiger partial charge in [0, 0.05) is 12.0 Å². The van der Waals surface area contributed by atoms with E-state index in [0.717, 1.165) is 23.3 Å². The number of para-hydroxylation sites is 1. The maximum atomic E-state index is 11.3. The number of carboxylic acid groups (broad SMARTS) is 1. The van der Waals surface area contributed by atoms with Crippen LogP contribution in [0.4, 0.5) is 0 Å². The Hall–Kier alpha value is -2.56. The zero-order valence-corrected chi connectivity index (χ0v) is 11.0. The van der Waals surface area contributed by atoms with Crippen LogP contribution in [0.2, 0.25) is 0 Å². The molecule has 0 atom stereocenters. The summed E-state index contributed by atoms with van der Waals surface area (Å²) < 4.78 is 7.12. The highest BCUT2D eigenvalue weighted by Crippen LogP contribution is 2.22. The van der Waals surface area contributed by atoms with Gasteiger partial charge in [0.25, 0.3) is 0 Å². The quantitative estimate of drug-likeness (QED) is 0.791. The van der Waals surface area contributed by atoms with Crippen molar-refractivity contribution < 1.29 is 14.3 Å². The first-order valence-corrected chi connectivity index (χ1v) is 6.43. The second-order valence-corrected chi connectivity index (χ2v) is 4.58. The molecule has 0 aliphatic carbocycles. The van der Waals surface area contributed by atoms with E-state index in [4.69, 9.17) is 4.42 Å². The van der Waals surface area contributed by atoms with Gasteiger partial charge in [0.2, 0.25) is 0 Å². The fourth-order valence-corrected chi connectivity index (χ4v) is 2.38. The molecule has 3 rings (SSSR count). The Bertz CT molecular complexity index is 757. The summed E-state index contributed by atoms with van der Waals surface area (Å²) in [5.41, 5.74) is 2.64. The number of fused-ring (bicyclic) bond motifs is 1. The summed E-state index contributed by atoms with van der Waals surface area (Å²) in [6.07, 6.45) is 4.06. The number of rotatable bonds is 4. The Kier molecular flexibility index (Phi) is 3.02. The minimum Gasteiger partial charge on any atom is -0.478 e. The lowest BCUT2D eigenvalue weighted by atomic mass is 10.2. The first-order valence-electron chi connectivity index (χ1n) is 6.43. The number of aromatic nitrogens is 2. The fraction of sp³-hybridized carbons (Fsp3) is 0.200. The summed E-state index contributed by atoms with van der Waals surface area (Å²) in [6.45, 7) is 2.63. The second-order valence-electron chi connectivity index (χ2n) is 4.58. The SMILES string of the molecule is CCc1nc2c(C(=O)O)cccc2n1Cc1ccoc1. The van der Waals surface area contributed by atoms with Gasteiger partial charge in [-0.05, 0) is 18.2 Å². The molecule has 5 nitrogen and oxygen atoms in total. The molecule has 1 aromatic carbocycles. The molecule has 2 heterocycles. The predicted molar refractivity (Wildman–Crippen MR) is 73.9 cm³/mol. The average Bonchev–Trinajstić information content (AvgIpc) is 3.06. The molecular weight excluding hydrogens is 256 g/mol. The highest BCUT2D eigenvalue weighted by Gasteiger charge is 2.16. The molecule has 0 radical (unpaired) electrons. The number of furan rings is 1. The molecule has 3 aromatic rings. The Balaban J connectivity index is 2.19. The molecule has 20 heavy (non-hydrogen) atoms. The molecule has 5 heteroatoms. The predicted octanol–water partition coefficient (Wildman–Crippen LogP) is 2.94. The largest absolute Gasteiger partial charge is 0.478 e. The van der Waals surface area contributed by atoms with Crippen molar-refractivity contribution in [1.82, 2.24) is 9.55 Å². The zero-order valence-electron chi connectivity index (χ0n) is 11.0. The van der Waals surface area contributed by atoms with Crippen LogP contribution in [0.3, 0.4) is 0 Å². The van der Waals surface area contributed by atoms with Crippen molar-refractivity contribution in [2.24, 2.45) is 0 Å². The second kappa shape index (κ2) is 4.85. The van der Waals surface area contributed by atoms with Gasteiger partial charge in [0.05, 0.1) is 30.2 Å². The molecule has 0 unspecified atom stereocenters. The third-order valence-corrected chi connectivity index (χ3v) is 3.33. The molecule has 0 saturated heterocycles. The van der Waals surface area contributed by atoms with Crippen LogP contribution < -0.4 is 0 Å². The van der Waals surface area contributed by atoms with Gasteiger partial charge >= 0.3 is 5.97 Å². The zero-order chi connectivity index (χ0) is 14.1. The Morgan fingerprint density at radius 2 is 2.25 bits per heavy atom. The van der Waals surface area contributed by atoms with Gasteiger partial charge < -0.3 is 14.1 Å². The van der Waals surface area contributed by atoms with Crippen LogP contribution in [-0.4, -0.2) is 20.6 Å². The van der Waals surface area contributed by atoms with Gasteiger partial charge in [-0.2, -0.15) is 0 Å². The van der Waals surface area contributed by atoms with Crippen LogP contribution in [0, 0.1) is 0 Å². The van der Waals surface area contributed by atoms with E-state index in [0.29, 0.717) is 12.1 Å². The summed E-state index contributed by atoms with van der Waals surface area (Å²) >= 11 is 0. The molecule has 0 amide bonds. The van der Waals surface area contributed by atoms with Crippen molar-refractivity contribution in [3.05, 3.63) is 53.7 Å². The topological polar surface area (TPSA) is 68.3 Å². The number of aryl methyl sites for hydroxylation is 1. The summed E-state index contributed by atoms with van der Waals surface area (Å²) in [5, 5.41) is 9.25. The number of hydrogen-bond donors (Lipinski definition) is 1. The van der Waals surface area contributed by atoms with Crippen LogP contribution in [-0.2, 0) is 13.0 Å². The number of benzene rings is 1. The van der Waals surface area contributed by atoms with Crippen molar-refractivity contribution in [2.45, 2.75) is 19.9 Å². The van der Waals surface area contributed by atoms with Gasteiger partial charge in [0.1, 0.15) is 11.3 Å². The lowest BCUT2D eigenvalue weighted by molar-refractivity contribution is 0.0699. The third kappa shape index (κ3) is 1.97. The smallest absolute Gasteiger partial charge is 0.337 e. The molecular formula is C15H14N2O3. The highest BCUT2D eigenvalue weighted by molar-refractivity contribution is 6.01. The number of carboxylic acids is 1. The van der Waals surface area contributed by atoms with Gasteiger partial charge in [-0.3, -0.25) is 0 Å². The van der Waals surface area contributed by atoms with Gasteiger partial charge in [-0.15, -0.1) is 0 Å². The summed E-state index contributed by atoms with van der Waals surface area (Å²) in [7, 11) is 0. The fourth-order valence-electron chi connectivity index (χ4n) is 2.38. The molecule has 0 saturated carbocycles. The summed E-state index contributed by atoms with van der Waals surface area (Å²) in [5.74, 6) is -0.0823. The third-order valence-electron chi connectivity index (χ3n) is 3.33. The molecule has 2 aromatic heterocycles. The van der Waals surface area contributed by atoms with E-state index in [-0.39, 0.29) is 5.56 Å². The molecule has 102 valence electrons. The first-order chi connectivity index (χ1) is 9.70. The van der Waals surface area contributed by atoms with E-state index >= 15 is 0 Å². The molecule has 0 spiro atoms. The van der Waals surface area contributed by atoms with Gasteiger partial charge in [-0.1, -0.05) is 13.0 Å². The van der Waals surface area contributed by atoms with Crippen molar-refractivity contribution in [1.29, 1.82) is 0 Å². The van der Waals surface area contributed by atoms with Crippen molar-refractivity contribution in [3.63, 3.8) is 0 Å². The Morgan fingerprint density at radius 3 is 2.90 bits per heavy atom. The number of nitrogens with zero attached hydrogens (tertiary/aromatic N) is 2. The summed E-state index contributed by atoms with van der Waals surface area (Å²) in [6, 6.07) is 7.12. The average molecular weight is 270 g/mol. The normalized spacial score (nSPS) is 11.1. The van der Waals surface area contributed by atoms with Crippen molar-refractivity contribution in [3.8, 4) is 0 Å². The maximum Gasteiger partial charge on any atom is 0.337 e. The molecule has 0 aliphatic rings.